The van der Waals surface area contributed by atoms with Gasteiger partial charge in [-0.25, -0.2) is 0 Å². The molecule has 6 nitrogen and oxygen atoms in total. The summed E-state index contributed by atoms with van der Waals surface area (Å²) in [6.07, 6.45) is -3.42. The van der Waals surface area contributed by atoms with Crippen molar-refractivity contribution in [3.63, 3.8) is 0 Å². The molecule has 0 atom stereocenters. The van der Waals surface area contributed by atoms with Crippen molar-refractivity contribution in [1.29, 1.82) is 0 Å². The molecule has 0 radical (unpaired) electrons. The summed E-state index contributed by atoms with van der Waals surface area (Å²) in [4.78, 5) is 6.49. The number of alkyl halides is 3. The van der Waals surface area contributed by atoms with Gasteiger partial charge >= 0.3 is 6.18 Å². The zero-order chi connectivity index (χ0) is 18.7. The third-order valence-corrected chi connectivity index (χ3v) is 4.66. The number of hydrogen-bond acceptors (Lipinski definition) is 4. The molecule has 0 aromatic carbocycles. The Morgan fingerprint density at radius 2 is 1.92 bits per heavy atom. The third kappa shape index (κ3) is 4.13. The van der Waals surface area contributed by atoms with Gasteiger partial charge in [0.15, 0.2) is 17.4 Å². The van der Waals surface area contributed by atoms with Crippen LogP contribution in [-0.4, -0.2) is 27.6 Å². The lowest BCUT2D eigenvalue weighted by molar-refractivity contribution is -0.137. The number of thiophene rings is 1. The van der Waals surface area contributed by atoms with Crippen molar-refractivity contribution in [3.8, 4) is 0 Å². The summed E-state index contributed by atoms with van der Waals surface area (Å²) in [6.45, 7) is 2.83. The number of guanidine groups is 1. The van der Waals surface area contributed by atoms with Crippen LogP contribution in [-0.2, 0) is 19.3 Å². The minimum Gasteiger partial charge on any atom is -0.352 e. The molecule has 0 amide bonds. The van der Waals surface area contributed by atoms with Gasteiger partial charge in [0.05, 0.1) is 18.7 Å². The van der Waals surface area contributed by atoms with Crippen LogP contribution in [0.4, 0.5) is 13.2 Å². The Morgan fingerprint density at radius 3 is 2.58 bits per heavy atom. The molecule has 3 rings (SSSR count). The van der Waals surface area contributed by atoms with Crippen LogP contribution in [0.3, 0.4) is 0 Å². The van der Waals surface area contributed by atoms with E-state index in [2.05, 4.69) is 25.8 Å². The van der Waals surface area contributed by atoms with Gasteiger partial charge in [0.25, 0.3) is 0 Å². The number of aliphatic imine (C=N–C) groups is 1. The van der Waals surface area contributed by atoms with Gasteiger partial charge in [-0.05, 0) is 31.2 Å². The van der Waals surface area contributed by atoms with Crippen LogP contribution in [0.2, 0.25) is 0 Å². The Kier molecular flexibility index (Phi) is 5.12. The Bertz CT molecular complexity index is 928. The van der Waals surface area contributed by atoms with Gasteiger partial charge in [0.1, 0.15) is 0 Å². The maximum absolute atomic E-state index is 12.9. The maximum Gasteiger partial charge on any atom is 0.417 e. The van der Waals surface area contributed by atoms with E-state index in [0.717, 1.165) is 17.1 Å². The lowest BCUT2D eigenvalue weighted by atomic mass is 10.3. The second kappa shape index (κ2) is 7.32. The number of rotatable bonds is 4. The molecule has 0 aliphatic rings. The van der Waals surface area contributed by atoms with Crippen LogP contribution in [0, 0.1) is 6.92 Å². The zero-order valence-corrected chi connectivity index (χ0v) is 14.9. The smallest absolute Gasteiger partial charge is 0.352 e. The second-order valence-corrected chi connectivity index (χ2v) is 6.92. The number of fused-ring (bicyclic) bond motifs is 1. The Balaban J connectivity index is 1.68. The second-order valence-electron chi connectivity index (χ2n) is 5.55. The number of halogens is 3. The van der Waals surface area contributed by atoms with Gasteiger partial charge in [-0.15, -0.1) is 21.5 Å². The highest BCUT2D eigenvalue weighted by atomic mass is 32.1. The van der Waals surface area contributed by atoms with E-state index >= 15 is 0 Å². The summed E-state index contributed by atoms with van der Waals surface area (Å²) in [6, 6.07) is 6.36. The van der Waals surface area contributed by atoms with E-state index < -0.39 is 11.7 Å². The topological polar surface area (TPSA) is 66.6 Å². The Morgan fingerprint density at radius 1 is 1.15 bits per heavy atom. The summed E-state index contributed by atoms with van der Waals surface area (Å²) in [5.74, 6) is 0.890. The fourth-order valence-electron chi connectivity index (χ4n) is 2.36. The van der Waals surface area contributed by atoms with E-state index in [1.807, 2.05) is 19.1 Å². The van der Waals surface area contributed by atoms with Crippen molar-refractivity contribution >= 4 is 22.9 Å². The summed E-state index contributed by atoms with van der Waals surface area (Å²) in [5.41, 5.74) is -0.395. The fourth-order valence-corrected chi connectivity index (χ4v) is 3.19. The molecule has 26 heavy (non-hydrogen) atoms. The quantitative estimate of drug-likeness (QED) is 0.538. The molecule has 3 aromatic heterocycles. The Labute approximate surface area is 151 Å². The maximum atomic E-state index is 12.9. The average molecular weight is 382 g/mol. The first-order chi connectivity index (χ1) is 12.4. The lowest BCUT2D eigenvalue weighted by Gasteiger charge is -2.11. The van der Waals surface area contributed by atoms with E-state index in [4.69, 9.17) is 0 Å². The van der Waals surface area contributed by atoms with Crippen LogP contribution in [0.15, 0.2) is 35.5 Å². The SMILES string of the molecule is CN=C(NCc1ccc(C)s1)NCc1nnc2ccc(C(F)(F)F)cn12. The minimum absolute atomic E-state index is 0.186. The van der Waals surface area contributed by atoms with Crippen LogP contribution in [0.5, 0.6) is 0 Å². The molecule has 2 N–H and O–H groups in total. The molecule has 138 valence electrons. The van der Waals surface area contributed by atoms with Gasteiger partial charge in [-0.1, -0.05) is 0 Å². The van der Waals surface area contributed by atoms with E-state index in [0.29, 0.717) is 24.0 Å². The first-order valence-corrected chi connectivity index (χ1v) is 8.59. The van der Waals surface area contributed by atoms with Crippen LogP contribution in [0.1, 0.15) is 21.1 Å². The number of nitrogens with zero attached hydrogens (tertiary/aromatic N) is 4. The number of hydrogen-bond donors (Lipinski definition) is 2. The number of aromatic nitrogens is 3. The average Bonchev–Trinajstić information content (AvgIpc) is 3.20. The molecular weight excluding hydrogens is 365 g/mol. The summed E-state index contributed by atoms with van der Waals surface area (Å²) in [5, 5.41) is 14.0. The van der Waals surface area contributed by atoms with Crippen molar-refractivity contribution < 1.29 is 13.2 Å². The molecule has 10 heteroatoms. The molecule has 0 saturated carbocycles. The normalized spacial score (nSPS) is 12.6. The van der Waals surface area contributed by atoms with Gasteiger partial charge in [-0.3, -0.25) is 9.39 Å². The molecule has 3 heterocycles. The molecule has 0 spiro atoms. The predicted molar refractivity (Wildman–Crippen MR) is 94.1 cm³/mol. The summed E-state index contributed by atoms with van der Waals surface area (Å²) >= 11 is 1.68. The molecule has 0 aliphatic carbocycles. The molecule has 3 aromatic rings. The first kappa shape index (κ1) is 18.2. The molecular formula is C16H17F3N6S. The van der Waals surface area contributed by atoms with Crippen molar-refractivity contribution in [2.24, 2.45) is 4.99 Å². The summed E-state index contributed by atoms with van der Waals surface area (Å²) in [7, 11) is 1.62. The van der Waals surface area contributed by atoms with E-state index in [1.54, 1.807) is 18.4 Å². The highest BCUT2D eigenvalue weighted by Crippen LogP contribution is 2.29. The fraction of sp³-hybridized carbons (Fsp3) is 0.312. The van der Waals surface area contributed by atoms with E-state index in [1.165, 1.54) is 15.3 Å². The standard InChI is InChI=1S/C16H17F3N6S/c1-10-3-5-12(26-10)7-21-15(20-2)22-8-14-24-23-13-6-4-11(9-25(13)14)16(17,18)19/h3-6,9H,7-8H2,1-2H3,(H2,20,21,22). The third-order valence-electron chi connectivity index (χ3n) is 3.66. The summed E-state index contributed by atoms with van der Waals surface area (Å²) < 4.78 is 40.0. The number of aryl methyl sites for hydroxylation is 1. The van der Waals surface area contributed by atoms with Crippen LogP contribution in [0.25, 0.3) is 5.65 Å². The number of nitrogens with one attached hydrogen (secondary N) is 2. The van der Waals surface area contributed by atoms with Crippen LogP contribution >= 0.6 is 11.3 Å². The van der Waals surface area contributed by atoms with Crippen molar-refractivity contribution in [2.75, 3.05) is 7.05 Å². The molecule has 0 aliphatic heterocycles. The highest BCUT2D eigenvalue weighted by molar-refractivity contribution is 7.11. The van der Waals surface area contributed by atoms with Crippen molar-refractivity contribution in [3.05, 3.63) is 51.6 Å². The van der Waals surface area contributed by atoms with Crippen molar-refractivity contribution in [1.82, 2.24) is 25.2 Å². The first-order valence-electron chi connectivity index (χ1n) is 7.77. The van der Waals surface area contributed by atoms with Gasteiger partial charge in [-0.2, -0.15) is 13.2 Å². The van der Waals surface area contributed by atoms with Gasteiger partial charge in [0, 0.05) is 23.0 Å². The highest BCUT2D eigenvalue weighted by Gasteiger charge is 2.31. The van der Waals surface area contributed by atoms with Crippen LogP contribution < -0.4 is 10.6 Å². The predicted octanol–water partition coefficient (Wildman–Crippen LogP) is 2.98. The zero-order valence-electron chi connectivity index (χ0n) is 14.1. The van der Waals surface area contributed by atoms with Crippen molar-refractivity contribution in [2.45, 2.75) is 26.2 Å². The minimum atomic E-state index is -4.42. The largest absolute Gasteiger partial charge is 0.417 e. The molecule has 0 saturated heterocycles. The lowest BCUT2D eigenvalue weighted by Crippen LogP contribution is -2.36. The van der Waals surface area contributed by atoms with E-state index in [9.17, 15) is 13.2 Å². The molecule has 0 fully saturated rings. The van der Waals surface area contributed by atoms with Gasteiger partial charge in [0.2, 0.25) is 0 Å². The Hall–Kier alpha value is -2.62. The molecule has 0 unspecified atom stereocenters. The van der Waals surface area contributed by atoms with Gasteiger partial charge < -0.3 is 10.6 Å². The van der Waals surface area contributed by atoms with E-state index in [-0.39, 0.29) is 6.54 Å². The monoisotopic (exact) mass is 382 g/mol. The molecule has 0 bridgehead atoms. The number of pyridine rings is 1.